The van der Waals surface area contributed by atoms with E-state index in [1.807, 2.05) is 6.07 Å². The summed E-state index contributed by atoms with van der Waals surface area (Å²) >= 11 is 0. The van der Waals surface area contributed by atoms with Gasteiger partial charge in [-0.25, -0.2) is 9.59 Å². The summed E-state index contributed by atoms with van der Waals surface area (Å²) in [7, 11) is 3.89. The Bertz CT molecular complexity index is 3270. The molecule has 0 aliphatic carbocycles. The van der Waals surface area contributed by atoms with Gasteiger partial charge in [0, 0.05) is 94.5 Å². The molecule has 0 saturated carbocycles. The quantitative estimate of drug-likeness (QED) is 0.0217. The number of unbranched alkanes of at least 4 members (excludes halogenated alkanes) is 24. The first-order valence-electron chi connectivity index (χ1n) is 43.4. The Labute approximate surface area is 724 Å². The Kier molecular flexibility index (Phi) is 72.9. The summed E-state index contributed by atoms with van der Waals surface area (Å²) in [4.78, 5) is 149. The van der Waals surface area contributed by atoms with Gasteiger partial charge in [-0.2, -0.15) is 5.26 Å². The van der Waals surface area contributed by atoms with Gasteiger partial charge in [0.1, 0.15) is 48.9 Å². The second kappa shape index (κ2) is 75.5. The van der Waals surface area contributed by atoms with E-state index >= 15 is 0 Å². The zero-order chi connectivity index (χ0) is 90.4. The fraction of sp³-hybridized carbons (Fsp3) is 0.716. The van der Waals surface area contributed by atoms with E-state index < -0.39 is 115 Å². The molecule has 5 amide bonds. The van der Waals surface area contributed by atoms with Crippen LogP contribution in [0.15, 0.2) is 36.4 Å². The average Bonchev–Trinajstić information content (AvgIpc) is 0.777. The number of ketones is 3. The number of aliphatic hydroxyl groups excluding tert-OH is 4. The van der Waals surface area contributed by atoms with Crippen molar-refractivity contribution in [3.63, 3.8) is 0 Å². The molecule has 4 bridgehead atoms. The number of carboxylic acids is 2. The number of likely N-dealkylation sites (N-methyl/N-ethyl adjacent to an activating group) is 1. The number of amides is 5. The molecule has 3 rings (SSSR count). The van der Waals surface area contributed by atoms with Crippen LogP contribution in [-0.2, 0) is 73.4 Å². The summed E-state index contributed by atoms with van der Waals surface area (Å²) in [6, 6.07) is 5.74. The molecule has 121 heavy (non-hydrogen) atoms. The van der Waals surface area contributed by atoms with E-state index in [0.717, 1.165) is 83.5 Å². The lowest BCUT2D eigenvalue weighted by atomic mass is 9.88. The largest absolute Gasteiger partial charge is 0.492 e. The topological polar surface area (TPSA) is 542 Å². The van der Waals surface area contributed by atoms with E-state index in [2.05, 4.69) is 58.4 Å². The van der Waals surface area contributed by atoms with Gasteiger partial charge >= 0.3 is 23.9 Å². The predicted molar refractivity (Wildman–Crippen MR) is 467 cm³/mol. The van der Waals surface area contributed by atoms with Crippen LogP contribution >= 0.6 is 12.4 Å². The number of hydrogen-bond donors (Lipinski definition) is 14. The van der Waals surface area contributed by atoms with Crippen molar-refractivity contribution in [3.05, 3.63) is 47.5 Å². The third kappa shape index (κ3) is 54.8. The number of Topliss-reactive ketones (excluding diaryl/α,β-unsaturated/α-hetero) is 3. The average molecular weight is 1740 g/mol. The molecule has 1 heterocycles. The van der Waals surface area contributed by atoms with E-state index in [-0.39, 0.29) is 120 Å². The van der Waals surface area contributed by atoms with Crippen molar-refractivity contribution in [2.45, 2.75) is 315 Å². The van der Waals surface area contributed by atoms with Crippen LogP contribution in [0.2, 0.25) is 0 Å². The Hall–Kier alpha value is -8.26. The lowest BCUT2D eigenvalue weighted by Crippen LogP contribution is -2.47. The number of fused-ring (bicyclic) bond motifs is 5. The van der Waals surface area contributed by atoms with Crippen LogP contribution < -0.4 is 53.7 Å². The molecule has 0 radical (unpaired) electrons. The number of carboxylic acid groups (broad SMARTS) is 2. The number of nitrogens with one attached hydrogen (secondary N) is 4. The highest BCUT2D eigenvalue weighted by atomic mass is 35.5. The van der Waals surface area contributed by atoms with Gasteiger partial charge in [-0.15, -0.1) is 12.4 Å². The Morgan fingerprint density at radius 1 is 0.545 bits per heavy atom. The highest BCUT2D eigenvalue weighted by Gasteiger charge is 2.37. The molecule has 1 aliphatic rings. The summed E-state index contributed by atoms with van der Waals surface area (Å²) in [6.45, 7) is 8.95. The van der Waals surface area contributed by atoms with Crippen LogP contribution in [0.4, 0.5) is 0 Å². The SMILES string of the molecule is CCCCCCCCCC(=O)N[C@H](CO)C(=O)C[C@@H](CCN)C(=O)N(C)[C@@H]1C(=O)C[C@@H](C)C(=O)N[C@H](C(=O)CCC#N)Cc2ccc(OCCN)c(c2)-c2cc1ccc2OCCN.CCCCCCCCCC(=O)N[C@H](CO)C(=O)O.CCCCCCCCCC(=O)N[C@H](CO)C(=O)OC.CCCCCCCCCC(=O)O.COC(=O)[C@H](N)CO.Cl. The van der Waals surface area contributed by atoms with Gasteiger partial charge in [-0.3, -0.25) is 47.9 Å². The molecule has 32 nitrogen and oxygen atoms in total. The summed E-state index contributed by atoms with van der Waals surface area (Å²) < 4.78 is 20.8. The maximum absolute atomic E-state index is 14.6. The Balaban J connectivity index is -0.00000192. The van der Waals surface area contributed by atoms with Crippen molar-refractivity contribution in [2.24, 2.45) is 34.8 Å². The number of nitrogens with zero attached hydrogens (tertiary/aromatic N) is 2. The van der Waals surface area contributed by atoms with E-state index in [1.165, 1.54) is 116 Å². The molecule has 0 fully saturated rings. The highest BCUT2D eigenvalue weighted by Crippen LogP contribution is 2.41. The second-order valence-corrected chi connectivity index (χ2v) is 30.1. The van der Waals surface area contributed by atoms with Gasteiger partial charge in [0.25, 0.3) is 0 Å². The normalized spacial score (nSPS) is 14.6. The van der Waals surface area contributed by atoms with Crippen LogP contribution in [0.5, 0.6) is 11.5 Å². The number of esters is 2. The summed E-state index contributed by atoms with van der Waals surface area (Å²) in [5, 5.41) is 72.5. The molecule has 2 aromatic rings. The lowest BCUT2D eigenvalue weighted by molar-refractivity contribution is -0.146. The lowest BCUT2D eigenvalue weighted by Gasteiger charge is -2.32. The van der Waals surface area contributed by atoms with E-state index in [4.69, 9.17) is 57.9 Å². The molecule has 33 heteroatoms. The van der Waals surface area contributed by atoms with Crippen molar-refractivity contribution in [2.75, 3.05) is 80.5 Å². The van der Waals surface area contributed by atoms with Crippen LogP contribution in [0, 0.1) is 23.2 Å². The molecule has 18 N–H and O–H groups in total. The third-order valence-corrected chi connectivity index (χ3v) is 19.8. The van der Waals surface area contributed by atoms with Gasteiger partial charge in [0.2, 0.25) is 29.5 Å². The minimum atomic E-state index is -1.28. The van der Waals surface area contributed by atoms with Crippen molar-refractivity contribution in [3.8, 4) is 28.7 Å². The van der Waals surface area contributed by atoms with Crippen LogP contribution in [0.1, 0.15) is 289 Å². The van der Waals surface area contributed by atoms with Gasteiger partial charge in [0.15, 0.2) is 23.4 Å². The van der Waals surface area contributed by atoms with Gasteiger partial charge in [-0.05, 0) is 80.5 Å². The number of carbonyl (C=O) groups excluding carboxylic acids is 10. The minimum absolute atomic E-state index is 0. The Morgan fingerprint density at radius 3 is 1.35 bits per heavy atom. The number of hydrogen-bond acceptors (Lipinski definition) is 25. The Morgan fingerprint density at radius 2 is 0.959 bits per heavy atom. The smallest absolute Gasteiger partial charge is 0.330 e. The standard InChI is InChI=1S/C47H69N7O9.C14H27NO4.C13H25NO4.C10H20O2.C4H9NO3.ClH/c1-4-5-6-7-8-9-10-13-44(59)52-38(30-55)40(57)29-34(18-20-49)47(61)54(3)45-33-15-17-43(63-24-22-51)36(28-33)35-26-32(14-16-42(35)62-23-21-50)27-37(39(56)12-11-19-48)53-46(60)31(2)25-41(45)58;1-3-4-5-6-7-8-9-10-13(17)15-12(11-16)14(18)19-2;1-2-3-4-5-6-7-8-9-12(16)14-11(10-15)13(17)18;1-2-3-4-5-6-7-8-9-10(11)12;1-8-4(7)3(5)2-6;/h14-17,26,28,31,34,37-38,45,55H,4-13,18,20-25,27,29-30,49-51H2,1-3H3,(H,52,59)(H,53,60);12,16H,3-11H2,1-2H3,(H,15,17);11,15H,2-10H2,1H3,(H,14,16)(H,17,18);2-9H2,1H3,(H,11,12);3,6H,2,5H2,1H3;1H/t31-,34-,37+,38-,45+;12-;11-;;3-;/m111.1./s1. The molecule has 2 aromatic carbocycles. The number of nitrogens with two attached hydrogens (primary N) is 4. The monoisotopic (exact) mass is 1740 g/mol. The number of nitriles is 1. The van der Waals surface area contributed by atoms with Gasteiger partial charge in [0.05, 0.1) is 52.8 Å². The number of benzene rings is 2. The summed E-state index contributed by atoms with van der Waals surface area (Å²) in [5.74, 6) is -7.67. The molecule has 692 valence electrons. The number of ether oxygens (including phenoxy) is 4. The van der Waals surface area contributed by atoms with E-state index in [9.17, 15) is 67.9 Å². The minimum Gasteiger partial charge on any atom is -0.492 e. The second-order valence-electron chi connectivity index (χ2n) is 30.1. The number of aliphatic carboxylic acids is 2. The van der Waals surface area contributed by atoms with E-state index in [1.54, 1.807) is 43.3 Å². The molecule has 0 saturated heterocycles. The van der Waals surface area contributed by atoms with Gasteiger partial charge < -0.3 is 98.7 Å². The molecule has 0 aromatic heterocycles. The van der Waals surface area contributed by atoms with Crippen molar-refractivity contribution >= 4 is 83.2 Å². The molecular formula is C88H151ClN10O22. The number of rotatable bonds is 58. The van der Waals surface area contributed by atoms with Crippen molar-refractivity contribution in [1.29, 1.82) is 5.26 Å². The molecular weight excluding hydrogens is 1580 g/mol. The highest BCUT2D eigenvalue weighted by molar-refractivity contribution is 5.97. The van der Waals surface area contributed by atoms with Crippen LogP contribution in [-0.4, -0.2) is 217 Å². The maximum atomic E-state index is 14.6. The first kappa shape index (κ1) is 117. The summed E-state index contributed by atoms with van der Waals surface area (Å²) in [6.07, 6.45) is 31.8. The fourth-order valence-corrected chi connectivity index (χ4v) is 12.7. The number of methoxy groups -OCH3 is 2. The zero-order valence-corrected chi connectivity index (χ0v) is 74.5. The van der Waals surface area contributed by atoms with Crippen LogP contribution in [0.25, 0.3) is 11.1 Å². The van der Waals surface area contributed by atoms with Crippen molar-refractivity contribution < 1.29 is 107 Å². The molecule has 0 spiro atoms. The summed E-state index contributed by atoms with van der Waals surface area (Å²) in [5.41, 5.74) is 24.7. The first-order chi connectivity index (χ1) is 57.6. The predicted octanol–water partition coefficient (Wildman–Crippen LogP) is 9.16. The number of halogens is 1. The third-order valence-electron chi connectivity index (χ3n) is 19.8. The van der Waals surface area contributed by atoms with Crippen LogP contribution in [0.3, 0.4) is 0 Å². The number of carbonyl (C=O) groups is 12. The van der Waals surface area contributed by atoms with E-state index in [0.29, 0.717) is 59.4 Å². The molecule has 1 aliphatic heterocycles. The maximum Gasteiger partial charge on any atom is 0.330 e. The molecule has 0 unspecified atom stereocenters. The van der Waals surface area contributed by atoms with Crippen molar-refractivity contribution in [1.82, 2.24) is 26.2 Å². The molecule has 8 atom stereocenters. The van der Waals surface area contributed by atoms with Gasteiger partial charge in [-0.1, -0.05) is 201 Å². The zero-order valence-electron chi connectivity index (χ0n) is 73.6. The fourth-order valence-electron chi connectivity index (χ4n) is 12.7. The first-order valence-corrected chi connectivity index (χ1v) is 43.4. The number of aliphatic hydroxyl groups is 4.